The van der Waals surface area contributed by atoms with Gasteiger partial charge in [-0.05, 0) is 48.5 Å². The Hall–Kier alpha value is -2.99. The van der Waals surface area contributed by atoms with Crippen LogP contribution in [0.5, 0.6) is 0 Å². The van der Waals surface area contributed by atoms with Crippen molar-refractivity contribution in [2.45, 2.75) is 0 Å². The Labute approximate surface area is 155 Å². The summed E-state index contributed by atoms with van der Waals surface area (Å²) in [5.41, 5.74) is 2.15. The molecule has 3 aromatic rings. The fourth-order valence-electron chi connectivity index (χ4n) is 2.36. The van der Waals surface area contributed by atoms with E-state index >= 15 is 0 Å². The van der Waals surface area contributed by atoms with Crippen LogP contribution in [-0.2, 0) is 9.53 Å². The van der Waals surface area contributed by atoms with Crippen LogP contribution >= 0.6 is 11.6 Å². The SMILES string of the molecule is CN(C)c1ccc(NC(=O)COC(=O)c2cc3cc(Cl)ccc3o2)cc1. The van der Waals surface area contributed by atoms with E-state index < -0.39 is 18.5 Å². The second kappa shape index (κ2) is 7.49. The van der Waals surface area contributed by atoms with Crippen molar-refractivity contribution < 1.29 is 18.7 Å². The molecule has 0 atom stereocenters. The summed E-state index contributed by atoms with van der Waals surface area (Å²) in [6, 6.07) is 13.8. The minimum Gasteiger partial charge on any atom is -0.450 e. The minimum absolute atomic E-state index is 0.0189. The van der Waals surface area contributed by atoms with Crippen molar-refractivity contribution in [3.8, 4) is 0 Å². The van der Waals surface area contributed by atoms with E-state index in [4.69, 9.17) is 20.8 Å². The zero-order valence-corrected chi connectivity index (χ0v) is 15.0. The Morgan fingerprint density at radius 3 is 2.54 bits per heavy atom. The van der Waals surface area contributed by atoms with Gasteiger partial charge in [0.1, 0.15) is 5.58 Å². The van der Waals surface area contributed by atoms with Gasteiger partial charge >= 0.3 is 5.97 Å². The lowest BCUT2D eigenvalue weighted by atomic mass is 10.2. The highest BCUT2D eigenvalue weighted by molar-refractivity contribution is 6.31. The molecule has 1 N–H and O–H groups in total. The first-order valence-electron chi connectivity index (χ1n) is 7.86. The van der Waals surface area contributed by atoms with Crippen molar-refractivity contribution in [1.82, 2.24) is 0 Å². The summed E-state index contributed by atoms with van der Waals surface area (Å²) in [6.07, 6.45) is 0. The Morgan fingerprint density at radius 2 is 1.85 bits per heavy atom. The smallest absolute Gasteiger partial charge is 0.374 e. The number of amides is 1. The average molecular weight is 373 g/mol. The molecular weight excluding hydrogens is 356 g/mol. The fourth-order valence-corrected chi connectivity index (χ4v) is 2.54. The molecule has 2 aromatic carbocycles. The van der Waals surface area contributed by atoms with Crippen molar-refractivity contribution in [3.63, 3.8) is 0 Å². The number of carbonyl (C=O) groups excluding carboxylic acids is 2. The van der Waals surface area contributed by atoms with Gasteiger partial charge in [-0.25, -0.2) is 4.79 Å². The van der Waals surface area contributed by atoms with E-state index in [2.05, 4.69) is 5.32 Å². The molecule has 0 saturated heterocycles. The number of esters is 1. The third-order valence-electron chi connectivity index (χ3n) is 3.68. The molecule has 6 nitrogen and oxygen atoms in total. The Bertz CT molecular complexity index is 948. The summed E-state index contributed by atoms with van der Waals surface area (Å²) in [5, 5.41) is 3.90. The number of carbonyl (C=O) groups is 2. The number of furan rings is 1. The molecule has 0 aliphatic heterocycles. The van der Waals surface area contributed by atoms with Crippen LogP contribution in [0.3, 0.4) is 0 Å². The number of anilines is 2. The van der Waals surface area contributed by atoms with Crippen LogP contribution in [0.25, 0.3) is 11.0 Å². The molecule has 7 heteroatoms. The van der Waals surface area contributed by atoms with E-state index in [0.29, 0.717) is 21.7 Å². The largest absolute Gasteiger partial charge is 0.450 e. The van der Waals surface area contributed by atoms with E-state index in [-0.39, 0.29) is 5.76 Å². The summed E-state index contributed by atoms with van der Waals surface area (Å²) in [4.78, 5) is 25.9. The molecule has 0 bridgehead atoms. The topological polar surface area (TPSA) is 71.8 Å². The first-order chi connectivity index (χ1) is 12.4. The third kappa shape index (κ3) is 4.15. The molecular formula is C19H17ClN2O4. The third-order valence-corrected chi connectivity index (χ3v) is 3.92. The molecule has 1 heterocycles. The van der Waals surface area contributed by atoms with Crippen molar-refractivity contribution >= 4 is 45.8 Å². The van der Waals surface area contributed by atoms with Crippen molar-refractivity contribution in [2.24, 2.45) is 0 Å². The standard InChI is InChI=1S/C19H17ClN2O4/c1-22(2)15-6-4-14(5-7-15)21-18(23)11-25-19(24)17-10-12-9-13(20)3-8-16(12)26-17/h3-10H,11H2,1-2H3,(H,21,23). The van der Waals surface area contributed by atoms with Gasteiger partial charge < -0.3 is 19.4 Å². The average Bonchev–Trinajstić information content (AvgIpc) is 3.03. The first-order valence-corrected chi connectivity index (χ1v) is 8.23. The highest BCUT2D eigenvalue weighted by Gasteiger charge is 2.15. The molecule has 0 spiro atoms. The maximum absolute atomic E-state index is 12.0. The number of ether oxygens (including phenoxy) is 1. The van der Waals surface area contributed by atoms with Gasteiger partial charge in [-0.15, -0.1) is 0 Å². The van der Waals surface area contributed by atoms with Crippen LogP contribution in [0.4, 0.5) is 11.4 Å². The molecule has 26 heavy (non-hydrogen) atoms. The number of halogens is 1. The van der Waals surface area contributed by atoms with E-state index in [0.717, 1.165) is 5.69 Å². The van der Waals surface area contributed by atoms with Gasteiger partial charge in [0.2, 0.25) is 5.76 Å². The number of fused-ring (bicyclic) bond motifs is 1. The van der Waals surface area contributed by atoms with E-state index in [9.17, 15) is 9.59 Å². The number of nitrogens with zero attached hydrogens (tertiary/aromatic N) is 1. The fraction of sp³-hybridized carbons (Fsp3) is 0.158. The van der Waals surface area contributed by atoms with Crippen molar-refractivity contribution in [1.29, 1.82) is 0 Å². The maximum Gasteiger partial charge on any atom is 0.374 e. The van der Waals surface area contributed by atoms with Crippen LogP contribution < -0.4 is 10.2 Å². The zero-order valence-electron chi connectivity index (χ0n) is 14.3. The first kappa shape index (κ1) is 17.8. The number of hydrogen-bond donors (Lipinski definition) is 1. The highest BCUT2D eigenvalue weighted by atomic mass is 35.5. The van der Waals surface area contributed by atoms with Crippen LogP contribution in [0.2, 0.25) is 5.02 Å². The molecule has 1 aromatic heterocycles. The lowest BCUT2D eigenvalue weighted by molar-refractivity contribution is -0.119. The van der Waals surface area contributed by atoms with Crippen molar-refractivity contribution in [3.05, 3.63) is 59.3 Å². The van der Waals surface area contributed by atoms with Gasteiger partial charge in [0.05, 0.1) is 0 Å². The summed E-state index contributed by atoms with van der Waals surface area (Å²) < 4.78 is 10.4. The predicted octanol–water partition coefficient (Wildman–Crippen LogP) is 3.95. The predicted molar refractivity (Wildman–Crippen MR) is 101 cm³/mol. The molecule has 0 unspecified atom stereocenters. The molecule has 1 amide bonds. The molecule has 0 radical (unpaired) electrons. The van der Waals surface area contributed by atoms with Gasteiger partial charge in [-0.1, -0.05) is 11.6 Å². The number of hydrogen-bond acceptors (Lipinski definition) is 5. The Balaban J connectivity index is 1.57. The van der Waals surface area contributed by atoms with Gasteiger partial charge in [-0.3, -0.25) is 4.79 Å². The van der Waals surface area contributed by atoms with Gasteiger partial charge in [0.25, 0.3) is 5.91 Å². The van der Waals surface area contributed by atoms with Crippen LogP contribution in [0, 0.1) is 0 Å². The monoisotopic (exact) mass is 372 g/mol. The molecule has 0 fully saturated rings. The Kier molecular flexibility index (Phi) is 5.14. The maximum atomic E-state index is 12.0. The quantitative estimate of drug-likeness (QED) is 0.686. The summed E-state index contributed by atoms with van der Waals surface area (Å²) >= 11 is 5.90. The molecule has 0 saturated carbocycles. The minimum atomic E-state index is -0.713. The lowest BCUT2D eigenvalue weighted by Gasteiger charge is -2.13. The van der Waals surface area contributed by atoms with E-state index in [1.807, 2.05) is 31.1 Å². The van der Waals surface area contributed by atoms with Gasteiger partial charge in [0.15, 0.2) is 6.61 Å². The summed E-state index contributed by atoms with van der Waals surface area (Å²) in [6.45, 7) is -0.411. The van der Waals surface area contributed by atoms with Gasteiger partial charge in [-0.2, -0.15) is 0 Å². The normalized spacial score (nSPS) is 10.6. The Morgan fingerprint density at radius 1 is 1.12 bits per heavy atom. The molecule has 134 valence electrons. The van der Waals surface area contributed by atoms with E-state index in [1.54, 1.807) is 30.3 Å². The van der Waals surface area contributed by atoms with Crippen LogP contribution in [0.1, 0.15) is 10.6 Å². The molecule has 3 rings (SSSR count). The molecule has 0 aliphatic carbocycles. The number of rotatable bonds is 5. The number of nitrogens with one attached hydrogen (secondary N) is 1. The number of benzene rings is 2. The second-order valence-electron chi connectivity index (χ2n) is 5.86. The second-order valence-corrected chi connectivity index (χ2v) is 6.29. The zero-order chi connectivity index (χ0) is 18.7. The highest BCUT2D eigenvalue weighted by Crippen LogP contribution is 2.23. The van der Waals surface area contributed by atoms with E-state index in [1.165, 1.54) is 6.07 Å². The van der Waals surface area contributed by atoms with Crippen LogP contribution in [0.15, 0.2) is 52.9 Å². The lowest BCUT2D eigenvalue weighted by Crippen LogP contribution is -2.20. The molecule has 0 aliphatic rings. The van der Waals surface area contributed by atoms with Crippen LogP contribution in [-0.4, -0.2) is 32.6 Å². The summed E-state index contributed by atoms with van der Waals surface area (Å²) in [7, 11) is 3.86. The van der Waals surface area contributed by atoms with Gasteiger partial charge in [0, 0.05) is 35.9 Å². The summed E-state index contributed by atoms with van der Waals surface area (Å²) in [5.74, 6) is -1.13. The van der Waals surface area contributed by atoms with Crippen molar-refractivity contribution in [2.75, 3.05) is 30.9 Å².